The lowest BCUT2D eigenvalue weighted by Crippen LogP contribution is -2.60. The monoisotopic (exact) mass is 280 g/mol. The zero-order valence-corrected chi connectivity index (χ0v) is 13.1. The molecule has 2 fully saturated rings. The molecule has 0 aromatic carbocycles. The first-order valence-electron chi connectivity index (χ1n) is 8.01. The number of carbonyl (C=O) groups excluding carboxylic acids is 2. The van der Waals surface area contributed by atoms with E-state index >= 15 is 0 Å². The van der Waals surface area contributed by atoms with E-state index in [-0.39, 0.29) is 29.8 Å². The third kappa shape index (κ3) is 3.97. The third-order valence-electron chi connectivity index (χ3n) is 4.40. The number of amides is 2. The Balaban J connectivity index is 1.92. The van der Waals surface area contributed by atoms with Crippen LogP contribution in [0.4, 0.5) is 0 Å². The maximum absolute atomic E-state index is 12.5. The first-order chi connectivity index (χ1) is 9.43. The standard InChI is InChI=1S/C16H28N2O2/c1-4-5-6-9-16(2,3)11-18-10-13(19)17-14(15(18)20)12-7-8-12/h12,14H,4-11H2,1-3H3,(H,17,19). The molecule has 4 nitrogen and oxygen atoms in total. The van der Waals surface area contributed by atoms with E-state index in [0.717, 1.165) is 19.3 Å². The summed E-state index contributed by atoms with van der Waals surface area (Å²) in [6, 6.07) is -0.248. The van der Waals surface area contributed by atoms with Gasteiger partial charge < -0.3 is 10.2 Å². The van der Waals surface area contributed by atoms with Crippen molar-refractivity contribution < 1.29 is 9.59 Å². The lowest BCUT2D eigenvalue weighted by molar-refractivity contribution is -0.146. The van der Waals surface area contributed by atoms with Gasteiger partial charge in [0.15, 0.2) is 0 Å². The smallest absolute Gasteiger partial charge is 0.245 e. The SMILES string of the molecule is CCCCCC(C)(C)CN1CC(=O)NC(C2CC2)C1=O. The molecule has 1 aliphatic carbocycles. The predicted molar refractivity (Wildman–Crippen MR) is 79.2 cm³/mol. The quantitative estimate of drug-likeness (QED) is 0.728. The van der Waals surface area contributed by atoms with Gasteiger partial charge in [0.05, 0.1) is 6.54 Å². The summed E-state index contributed by atoms with van der Waals surface area (Å²) >= 11 is 0. The predicted octanol–water partition coefficient (Wildman–Crippen LogP) is 2.33. The van der Waals surface area contributed by atoms with Crippen LogP contribution in [0.5, 0.6) is 0 Å². The van der Waals surface area contributed by atoms with Crippen molar-refractivity contribution in [3.63, 3.8) is 0 Å². The van der Waals surface area contributed by atoms with Gasteiger partial charge in [0, 0.05) is 6.54 Å². The molecule has 1 saturated heterocycles. The number of carbonyl (C=O) groups is 2. The van der Waals surface area contributed by atoms with Gasteiger partial charge in [-0.05, 0) is 30.6 Å². The van der Waals surface area contributed by atoms with Gasteiger partial charge in [0.25, 0.3) is 0 Å². The minimum absolute atomic E-state index is 0.00542. The second-order valence-electron chi connectivity index (χ2n) is 7.20. The van der Waals surface area contributed by atoms with Crippen molar-refractivity contribution in [2.45, 2.75) is 65.3 Å². The summed E-state index contributed by atoms with van der Waals surface area (Å²) in [5.41, 5.74) is 0.0938. The minimum Gasteiger partial charge on any atom is -0.342 e. The van der Waals surface area contributed by atoms with Crippen LogP contribution >= 0.6 is 0 Å². The average Bonchev–Trinajstić information content (AvgIpc) is 3.17. The summed E-state index contributed by atoms with van der Waals surface area (Å²) in [6.07, 6.45) is 6.91. The summed E-state index contributed by atoms with van der Waals surface area (Å²) in [6.45, 7) is 7.54. The molecule has 0 aromatic rings. The molecule has 1 unspecified atom stereocenters. The number of unbranched alkanes of at least 4 members (excludes halogenated alkanes) is 2. The molecule has 1 N–H and O–H groups in total. The highest BCUT2D eigenvalue weighted by atomic mass is 16.2. The van der Waals surface area contributed by atoms with E-state index in [1.54, 1.807) is 4.90 Å². The van der Waals surface area contributed by atoms with Crippen molar-refractivity contribution in [3.05, 3.63) is 0 Å². The van der Waals surface area contributed by atoms with E-state index in [1.807, 2.05) is 0 Å². The fourth-order valence-electron chi connectivity index (χ4n) is 3.06. The Bertz CT molecular complexity index is 375. The molecule has 0 bridgehead atoms. The summed E-state index contributed by atoms with van der Waals surface area (Å²) in [5, 5.41) is 2.87. The lowest BCUT2D eigenvalue weighted by atomic mass is 9.86. The van der Waals surface area contributed by atoms with E-state index in [9.17, 15) is 9.59 Å². The van der Waals surface area contributed by atoms with Gasteiger partial charge in [-0.15, -0.1) is 0 Å². The molecular weight excluding hydrogens is 252 g/mol. The number of rotatable bonds is 7. The molecule has 0 radical (unpaired) electrons. The summed E-state index contributed by atoms with van der Waals surface area (Å²) < 4.78 is 0. The van der Waals surface area contributed by atoms with Crippen LogP contribution in [0.3, 0.4) is 0 Å². The molecule has 114 valence electrons. The number of nitrogens with zero attached hydrogens (tertiary/aromatic N) is 1. The molecule has 1 heterocycles. The lowest BCUT2D eigenvalue weighted by Gasteiger charge is -2.38. The van der Waals surface area contributed by atoms with Crippen LogP contribution in [0, 0.1) is 11.3 Å². The molecule has 1 atom stereocenters. The fourth-order valence-corrected chi connectivity index (χ4v) is 3.06. The maximum Gasteiger partial charge on any atom is 0.245 e. The highest BCUT2D eigenvalue weighted by molar-refractivity contribution is 5.95. The molecule has 1 saturated carbocycles. The molecule has 2 amide bonds. The van der Waals surface area contributed by atoms with Gasteiger partial charge in [-0.2, -0.15) is 0 Å². The summed E-state index contributed by atoms with van der Waals surface area (Å²) in [5.74, 6) is 0.527. The number of piperazine rings is 1. The summed E-state index contributed by atoms with van der Waals surface area (Å²) in [4.78, 5) is 26.1. The van der Waals surface area contributed by atoms with Crippen LogP contribution in [-0.2, 0) is 9.59 Å². The zero-order chi connectivity index (χ0) is 14.8. The van der Waals surface area contributed by atoms with Crippen molar-refractivity contribution in [2.24, 2.45) is 11.3 Å². The Labute approximate surface area is 122 Å². The second kappa shape index (κ2) is 6.15. The van der Waals surface area contributed by atoms with Crippen LogP contribution in [-0.4, -0.2) is 35.8 Å². The molecule has 2 rings (SSSR count). The molecule has 4 heteroatoms. The number of nitrogens with one attached hydrogen (secondary N) is 1. The van der Waals surface area contributed by atoms with Gasteiger partial charge >= 0.3 is 0 Å². The van der Waals surface area contributed by atoms with Gasteiger partial charge in [-0.1, -0.05) is 40.0 Å². The van der Waals surface area contributed by atoms with Gasteiger partial charge in [0.2, 0.25) is 11.8 Å². The first-order valence-corrected chi connectivity index (χ1v) is 8.01. The highest BCUT2D eigenvalue weighted by Gasteiger charge is 2.43. The Kier molecular flexibility index (Phi) is 4.71. The minimum atomic E-state index is -0.248. The van der Waals surface area contributed by atoms with Crippen LogP contribution in [0.2, 0.25) is 0 Å². The molecule has 0 aromatic heterocycles. The van der Waals surface area contributed by atoms with Crippen LogP contribution in [0.25, 0.3) is 0 Å². The van der Waals surface area contributed by atoms with Crippen LogP contribution < -0.4 is 5.32 Å². The molecule has 0 spiro atoms. The maximum atomic E-state index is 12.5. The average molecular weight is 280 g/mol. The van der Waals surface area contributed by atoms with E-state index in [4.69, 9.17) is 0 Å². The van der Waals surface area contributed by atoms with Gasteiger partial charge in [-0.25, -0.2) is 0 Å². The van der Waals surface area contributed by atoms with Crippen molar-refractivity contribution in [1.29, 1.82) is 0 Å². The van der Waals surface area contributed by atoms with E-state index in [0.29, 0.717) is 12.5 Å². The topological polar surface area (TPSA) is 49.4 Å². The van der Waals surface area contributed by atoms with Crippen molar-refractivity contribution in [2.75, 3.05) is 13.1 Å². The van der Waals surface area contributed by atoms with Crippen LogP contribution in [0.15, 0.2) is 0 Å². The first kappa shape index (κ1) is 15.3. The van der Waals surface area contributed by atoms with Crippen molar-refractivity contribution in [1.82, 2.24) is 10.2 Å². The van der Waals surface area contributed by atoms with Crippen LogP contribution in [0.1, 0.15) is 59.3 Å². The zero-order valence-electron chi connectivity index (χ0n) is 13.1. The highest BCUT2D eigenvalue weighted by Crippen LogP contribution is 2.35. The number of hydrogen-bond acceptors (Lipinski definition) is 2. The van der Waals surface area contributed by atoms with E-state index in [2.05, 4.69) is 26.1 Å². The van der Waals surface area contributed by atoms with Gasteiger partial charge in [-0.3, -0.25) is 9.59 Å². The van der Waals surface area contributed by atoms with E-state index in [1.165, 1.54) is 19.3 Å². The molecular formula is C16H28N2O2. The third-order valence-corrected chi connectivity index (χ3v) is 4.40. The number of hydrogen-bond donors (Lipinski definition) is 1. The Morgan fingerprint density at radius 1 is 1.25 bits per heavy atom. The Hall–Kier alpha value is -1.06. The summed E-state index contributed by atoms with van der Waals surface area (Å²) in [7, 11) is 0. The fraction of sp³-hybridized carbons (Fsp3) is 0.875. The molecule has 1 aliphatic heterocycles. The second-order valence-corrected chi connectivity index (χ2v) is 7.20. The van der Waals surface area contributed by atoms with Crippen molar-refractivity contribution in [3.8, 4) is 0 Å². The Morgan fingerprint density at radius 2 is 1.95 bits per heavy atom. The van der Waals surface area contributed by atoms with E-state index < -0.39 is 0 Å². The largest absolute Gasteiger partial charge is 0.342 e. The normalized spacial score (nSPS) is 23.9. The molecule has 20 heavy (non-hydrogen) atoms. The van der Waals surface area contributed by atoms with Crippen molar-refractivity contribution >= 4 is 11.8 Å². The van der Waals surface area contributed by atoms with Gasteiger partial charge in [0.1, 0.15) is 6.04 Å². The molecule has 2 aliphatic rings. The Morgan fingerprint density at radius 3 is 2.55 bits per heavy atom.